The Kier molecular flexibility index (Phi) is 5.09. The van der Waals surface area contributed by atoms with Crippen LogP contribution in [-0.2, 0) is 0 Å². The lowest BCUT2D eigenvalue weighted by Crippen LogP contribution is -2.16. The Morgan fingerprint density at radius 1 is 1.03 bits per heavy atom. The van der Waals surface area contributed by atoms with Gasteiger partial charge in [0.05, 0.1) is 12.8 Å². The summed E-state index contributed by atoms with van der Waals surface area (Å²) in [4.78, 5) is 13.9. The van der Waals surface area contributed by atoms with Crippen molar-refractivity contribution in [3.8, 4) is 34.1 Å². The van der Waals surface area contributed by atoms with Gasteiger partial charge in [0.2, 0.25) is 0 Å². The van der Waals surface area contributed by atoms with E-state index in [0.717, 1.165) is 22.6 Å². The first kappa shape index (κ1) is 19.3. The minimum atomic E-state index is -0.176. The number of amides is 1. The third-order valence-corrected chi connectivity index (χ3v) is 6.00. The monoisotopic (exact) mass is 432 g/mol. The number of fused-ring (bicyclic) bond motifs is 1. The maximum Gasteiger partial charge on any atom is 0.267 e. The molecule has 0 saturated carbocycles. The molecule has 0 radical (unpaired) electrons. The van der Waals surface area contributed by atoms with Crippen molar-refractivity contribution in [1.82, 2.24) is 4.57 Å². The standard InChI is InChI=1S/C24H20N2O4S/c1-28-18-7-4-16(5-8-18)19-15-31-23(22(19)26-10-2-3-11-26)24(27)25-17-6-9-20-21(14-17)30-13-12-29-20/h2-11,14-15H,12-13H2,1H3,(H,25,27). The predicted octanol–water partition coefficient (Wildman–Crippen LogP) is 5.24. The molecule has 1 amide bonds. The molecule has 0 bridgehead atoms. The molecule has 1 aliphatic heterocycles. The molecule has 0 spiro atoms. The highest BCUT2D eigenvalue weighted by atomic mass is 32.1. The summed E-state index contributed by atoms with van der Waals surface area (Å²) in [6.07, 6.45) is 3.88. The average Bonchev–Trinajstić information content (AvgIpc) is 3.49. The number of carbonyl (C=O) groups excluding carboxylic acids is 1. The Morgan fingerprint density at radius 3 is 2.52 bits per heavy atom. The zero-order chi connectivity index (χ0) is 21.2. The molecule has 4 aromatic rings. The number of nitrogens with one attached hydrogen (secondary N) is 1. The van der Waals surface area contributed by atoms with Gasteiger partial charge < -0.3 is 24.1 Å². The second-order valence-corrected chi connectivity index (χ2v) is 7.84. The minimum absolute atomic E-state index is 0.176. The van der Waals surface area contributed by atoms with Gasteiger partial charge in [0.1, 0.15) is 23.8 Å². The highest BCUT2D eigenvalue weighted by Crippen LogP contribution is 2.37. The van der Waals surface area contributed by atoms with Crippen molar-refractivity contribution in [2.24, 2.45) is 0 Å². The van der Waals surface area contributed by atoms with Gasteiger partial charge in [0, 0.05) is 35.1 Å². The van der Waals surface area contributed by atoms with Crippen LogP contribution in [0.25, 0.3) is 16.8 Å². The molecule has 6 nitrogen and oxygen atoms in total. The average molecular weight is 433 g/mol. The van der Waals surface area contributed by atoms with E-state index in [9.17, 15) is 4.79 Å². The van der Waals surface area contributed by atoms with Crippen LogP contribution < -0.4 is 19.5 Å². The van der Waals surface area contributed by atoms with E-state index >= 15 is 0 Å². The van der Waals surface area contributed by atoms with Gasteiger partial charge in [-0.1, -0.05) is 12.1 Å². The summed E-state index contributed by atoms with van der Waals surface area (Å²) in [5.74, 6) is 1.94. The van der Waals surface area contributed by atoms with Crippen molar-refractivity contribution >= 4 is 22.9 Å². The van der Waals surface area contributed by atoms with Gasteiger partial charge in [-0.05, 0) is 42.0 Å². The summed E-state index contributed by atoms with van der Waals surface area (Å²) in [6, 6.07) is 17.1. The summed E-state index contributed by atoms with van der Waals surface area (Å²) in [5, 5.41) is 5.01. The lowest BCUT2D eigenvalue weighted by molar-refractivity contribution is 0.103. The van der Waals surface area contributed by atoms with Crippen LogP contribution in [-0.4, -0.2) is 30.8 Å². The molecule has 2 aromatic heterocycles. The van der Waals surface area contributed by atoms with Gasteiger partial charge in [0.25, 0.3) is 5.91 Å². The molecule has 0 aliphatic carbocycles. The number of aromatic nitrogens is 1. The third-order valence-electron chi connectivity index (χ3n) is 5.03. The highest BCUT2D eigenvalue weighted by Gasteiger charge is 2.21. The van der Waals surface area contributed by atoms with Crippen molar-refractivity contribution in [2.45, 2.75) is 0 Å². The first-order valence-corrected chi connectivity index (χ1v) is 10.7. The lowest BCUT2D eigenvalue weighted by Gasteiger charge is -2.19. The number of benzene rings is 2. The van der Waals surface area contributed by atoms with Crippen LogP contribution in [0.3, 0.4) is 0 Å². The Morgan fingerprint density at radius 2 is 1.77 bits per heavy atom. The molecule has 7 heteroatoms. The maximum atomic E-state index is 13.2. The zero-order valence-electron chi connectivity index (χ0n) is 16.8. The normalized spacial score (nSPS) is 12.4. The van der Waals surface area contributed by atoms with Gasteiger partial charge in [-0.15, -0.1) is 11.3 Å². The van der Waals surface area contributed by atoms with E-state index in [0.29, 0.717) is 35.3 Å². The molecule has 0 fully saturated rings. The molecule has 3 heterocycles. The largest absolute Gasteiger partial charge is 0.497 e. The second-order valence-electron chi connectivity index (χ2n) is 6.96. The molecular formula is C24H20N2O4S. The summed E-state index contributed by atoms with van der Waals surface area (Å²) >= 11 is 1.42. The van der Waals surface area contributed by atoms with E-state index in [1.165, 1.54) is 11.3 Å². The smallest absolute Gasteiger partial charge is 0.267 e. The Labute approximate surface area is 183 Å². The van der Waals surface area contributed by atoms with Crippen molar-refractivity contribution in [1.29, 1.82) is 0 Å². The summed E-state index contributed by atoms with van der Waals surface area (Å²) in [7, 11) is 1.64. The van der Waals surface area contributed by atoms with Crippen molar-refractivity contribution in [3.63, 3.8) is 0 Å². The van der Waals surface area contributed by atoms with E-state index in [1.54, 1.807) is 13.2 Å². The number of carbonyl (C=O) groups is 1. The Bertz CT molecular complexity index is 1210. The van der Waals surface area contributed by atoms with Gasteiger partial charge in [-0.2, -0.15) is 0 Å². The number of nitrogens with zero attached hydrogens (tertiary/aromatic N) is 1. The molecule has 156 valence electrons. The molecule has 5 rings (SSSR count). The van der Waals surface area contributed by atoms with Crippen LogP contribution >= 0.6 is 11.3 Å². The number of methoxy groups -OCH3 is 1. The maximum absolute atomic E-state index is 13.2. The van der Waals surface area contributed by atoms with Crippen LogP contribution in [0, 0.1) is 0 Å². The molecule has 0 unspecified atom stereocenters. The first-order valence-electron chi connectivity index (χ1n) is 9.83. The number of rotatable bonds is 5. The number of ether oxygens (including phenoxy) is 3. The van der Waals surface area contributed by atoms with E-state index in [-0.39, 0.29) is 5.91 Å². The fourth-order valence-corrected chi connectivity index (χ4v) is 4.51. The van der Waals surface area contributed by atoms with Crippen molar-refractivity contribution in [2.75, 3.05) is 25.6 Å². The Hall–Kier alpha value is -3.71. The highest BCUT2D eigenvalue weighted by molar-refractivity contribution is 7.13. The fraction of sp³-hybridized carbons (Fsp3) is 0.125. The van der Waals surface area contributed by atoms with Crippen LogP contribution in [0.2, 0.25) is 0 Å². The summed E-state index contributed by atoms with van der Waals surface area (Å²) in [5.41, 5.74) is 3.50. The summed E-state index contributed by atoms with van der Waals surface area (Å²) < 4.78 is 18.4. The fourth-order valence-electron chi connectivity index (χ4n) is 3.54. The molecule has 2 aromatic carbocycles. The van der Waals surface area contributed by atoms with Gasteiger partial charge >= 0.3 is 0 Å². The van der Waals surface area contributed by atoms with E-state index in [2.05, 4.69) is 5.32 Å². The minimum Gasteiger partial charge on any atom is -0.497 e. The lowest BCUT2D eigenvalue weighted by atomic mass is 10.1. The number of hydrogen-bond acceptors (Lipinski definition) is 5. The van der Waals surface area contributed by atoms with Crippen LogP contribution in [0.15, 0.2) is 72.4 Å². The third kappa shape index (κ3) is 3.75. The van der Waals surface area contributed by atoms with Gasteiger partial charge in [-0.25, -0.2) is 0 Å². The van der Waals surface area contributed by atoms with E-state index < -0.39 is 0 Å². The van der Waals surface area contributed by atoms with E-state index in [4.69, 9.17) is 14.2 Å². The van der Waals surface area contributed by atoms with Crippen molar-refractivity contribution < 1.29 is 19.0 Å². The molecule has 0 saturated heterocycles. The number of anilines is 1. The van der Waals surface area contributed by atoms with Crippen LogP contribution in [0.5, 0.6) is 17.2 Å². The van der Waals surface area contributed by atoms with Crippen molar-refractivity contribution in [3.05, 3.63) is 77.2 Å². The predicted molar refractivity (Wildman–Crippen MR) is 121 cm³/mol. The zero-order valence-corrected chi connectivity index (χ0v) is 17.6. The van der Waals surface area contributed by atoms with Crippen LogP contribution in [0.4, 0.5) is 5.69 Å². The van der Waals surface area contributed by atoms with Gasteiger partial charge in [0.15, 0.2) is 11.5 Å². The SMILES string of the molecule is COc1ccc(-c2csc(C(=O)Nc3ccc4c(c3)OCCO4)c2-n2cccc2)cc1. The van der Waals surface area contributed by atoms with E-state index in [1.807, 2.05) is 70.9 Å². The summed E-state index contributed by atoms with van der Waals surface area (Å²) in [6.45, 7) is 1.03. The second kappa shape index (κ2) is 8.20. The van der Waals surface area contributed by atoms with Crippen LogP contribution in [0.1, 0.15) is 9.67 Å². The number of hydrogen-bond donors (Lipinski definition) is 1. The first-order chi connectivity index (χ1) is 15.2. The number of thiophene rings is 1. The molecule has 31 heavy (non-hydrogen) atoms. The molecular weight excluding hydrogens is 412 g/mol. The molecule has 1 N–H and O–H groups in total. The molecule has 0 atom stereocenters. The topological polar surface area (TPSA) is 61.7 Å². The Balaban J connectivity index is 1.50. The quantitative estimate of drug-likeness (QED) is 0.469. The molecule has 1 aliphatic rings. The van der Waals surface area contributed by atoms with Gasteiger partial charge in [-0.3, -0.25) is 4.79 Å².